The van der Waals surface area contributed by atoms with Gasteiger partial charge in [0.15, 0.2) is 0 Å². The van der Waals surface area contributed by atoms with Crippen molar-refractivity contribution in [3.05, 3.63) is 151 Å². The van der Waals surface area contributed by atoms with Crippen molar-refractivity contribution in [2.45, 2.75) is 25.9 Å². The van der Waals surface area contributed by atoms with Crippen molar-refractivity contribution >= 4 is 65.9 Å². The molecule has 10 rings (SSSR count). The predicted molar refractivity (Wildman–Crippen MR) is 265 cm³/mol. The van der Waals surface area contributed by atoms with E-state index in [9.17, 15) is 19.8 Å². The summed E-state index contributed by atoms with van der Waals surface area (Å²) in [7, 11) is 9.92. The normalized spacial score (nSPS) is 14.5. The molecule has 4 heterocycles. The lowest BCUT2D eigenvalue weighted by atomic mass is 9.91. The van der Waals surface area contributed by atoms with Gasteiger partial charge in [0.1, 0.15) is 0 Å². The van der Waals surface area contributed by atoms with Crippen LogP contribution in [0.15, 0.2) is 127 Å². The van der Waals surface area contributed by atoms with Gasteiger partial charge >= 0.3 is 0 Å². The third-order valence-corrected chi connectivity index (χ3v) is 13.0. The number of para-hydroxylation sites is 2. The Hall–Kier alpha value is -7.06. The number of aliphatic imine (C=N–C) groups is 2. The first kappa shape index (κ1) is 42.9. The maximum atomic E-state index is 13.7. The Morgan fingerprint density at radius 2 is 0.909 bits per heavy atom. The van der Waals surface area contributed by atoms with Crippen LogP contribution in [0.25, 0.3) is 43.1 Å². The highest BCUT2D eigenvalue weighted by Crippen LogP contribution is 2.36. The van der Waals surface area contributed by atoms with Crippen LogP contribution >= 0.6 is 0 Å². The third-order valence-electron chi connectivity index (χ3n) is 13.0. The van der Waals surface area contributed by atoms with Gasteiger partial charge in [-0.3, -0.25) is 28.7 Å². The fraction of sp³-hybridized carbons (Fsp3) is 0.283. The number of fused-ring (bicyclic) bond motifs is 6. The van der Waals surface area contributed by atoms with Gasteiger partial charge < -0.3 is 24.9 Å². The predicted octanol–water partition coefficient (Wildman–Crippen LogP) is 6.21. The summed E-state index contributed by atoms with van der Waals surface area (Å²) in [6.45, 7) is 4.77. The Kier molecular flexibility index (Phi) is 11.3. The minimum atomic E-state index is -0.214. The lowest BCUT2D eigenvalue weighted by molar-refractivity contribution is 0.329. The third kappa shape index (κ3) is 7.42. The summed E-state index contributed by atoms with van der Waals surface area (Å²) in [5.74, 6) is -0.0832. The molecule has 13 nitrogen and oxygen atoms in total. The molecule has 0 spiro atoms. The number of nitrogens with zero attached hydrogens (tertiary/aromatic N) is 9. The highest BCUT2D eigenvalue weighted by molar-refractivity contribution is 6.23. The molecule has 334 valence electrons. The van der Waals surface area contributed by atoms with E-state index in [4.69, 9.17) is 20.0 Å². The Morgan fingerprint density at radius 1 is 0.500 bits per heavy atom. The van der Waals surface area contributed by atoms with E-state index in [0.29, 0.717) is 60.8 Å². The minimum absolute atomic E-state index is 0.0416. The summed E-state index contributed by atoms with van der Waals surface area (Å²) < 4.78 is 2.95. The molecule has 6 aromatic carbocycles. The summed E-state index contributed by atoms with van der Waals surface area (Å²) in [5, 5.41) is 30.2. The zero-order chi connectivity index (χ0) is 45.8. The van der Waals surface area contributed by atoms with E-state index in [2.05, 4.69) is 11.9 Å². The molecule has 0 aliphatic carbocycles. The second kappa shape index (κ2) is 17.4. The second-order valence-corrected chi connectivity index (χ2v) is 18.0. The topological polar surface area (TPSA) is 144 Å². The monoisotopic (exact) mass is 879 g/mol. The van der Waals surface area contributed by atoms with Crippen LogP contribution in [-0.4, -0.2) is 120 Å². The molecule has 0 atom stereocenters. The minimum Gasteiger partial charge on any atom is -0.494 e. The number of aromatic nitrogens is 2. The van der Waals surface area contributed by atoms with Crippen LogP contribution in [-0.2, 0) is 13.1 Å². The molecule has 0 radical (unpaired) electrons. The van der Waals surface area contributed by atoms with Crippen LogP contribution in [0.3, 0.4) is 0 Å². The second-order valence-electron chi connectivity index (χ2n) is 18.0. The van der Waals surface area contributed by atoms with Gasteiger partial charge in [0, 0.05) is 105 Å². The largest absolute Gasteiger partial charge is 0.494 e. The zero-order valence-electron chi connectivity index (χ0n) is 38.0. The first-order chi connectivity index (χ1) is 32.0. The fourth-order valence-corrected chi connectivity index (χ4v) is 9.63. The van der Waals surface area contributed by atoms with Crippen molar-refractivity contribution < 1.29 is 10.2 Å². The molecule has 0 amide bonds. The molecule has 8 aromatic rings. The van der Waals surface area contributed by atoms with Gasteiger partial charge in [-0.25, -0.2) is 9.98 Å². The average Bonchev–Trinajstić information content (AvgIpc) is 3.31. The number of benzene rings is 6. The lowest BCUT2D eigenvalue weighted by Crippen LogP contribution is -2.28. The molecule has 13 heteroatoms. The van der Waals surface area contributed by atoms with Crippen LogP contribution in [0, 0.1) is 0 Å². The van der Waals surface area contributed by atoms with E-state index in [-0.39, 0.29) is 22.9 Å². The molecule has 0 bridgehead atoms. The molecular weight excluding hydrogens is 827 g/mol. The van der Waals surface area contributed by atoms with E-state index in [1.807, 2.05) is 135 Å². The first-order valence-corrected chi connectivity index (χ1v) is 22.7. The fourth-order valence-electron chi connectivity index (χ4n) is 9.63. The van der Waals surface area contributed by atoms with Crippen molar-refractivity contribution in [2.75, 3.05) is 74.5 Å². The summed E-state index contributed by atoms with van der Waals surface area (Å²) in [5.41, 5.74) is 6.45. The summed E-state index contributed by atoms with van der Waals surface area (Å²) in [6.07, 6.45) is 1.65. The highest BCUT2D eigenvalue weighted by atomic mass is 16.3. The van der Waals surface area contributed by atoms with Crippen LogP contribution in [0.2, 0.25) is 0 Å². The van der Waals surface area contributed by atoms with Gasteiger partial charge in [0.05, 0.1) is 33.5 Å². The Morgan fingerprint density at radius 3 is 1.33 bits per heavy atom. The number of rotatable bonds is 14. The summed E-state index contributed by atoms with van der Waals surface area (Å²) in [6, 6.07) is 31.4. The van der Waals surface area contributed by atoms with Crippen LogP contribution in [0.1, 0.15) is 35.1 Å². The molecule has 0 fully saturated rings. The number of hydrogen-bond donors (Lipinski definition) is 2. The first-order valence-electron chi connectivity index (χ1n) is 22.7. The van der Waals surface area contributed by atoms with Gasteiger partial charge in [-0.1, -0.05) is 60.7 Å². The summed E-state index contributed by atoms with van der Waals surface area (Å²) >= 11 is 0. The maximum absolute atomic E-state index is 13.7. The van der Waals surface area contributed by atoms with Crippen molar-refractivity contribution in [1.82, 2.24) is 23.8 Å². The van der Waals surface area contributed by atoms with Gasteiger partial charge in [-0.15, -0.1) is 0 Å². The zero-order valence-corrected chi connectivity index (χ0v) is 38.0. The van der Waals surface area contributed by atoms with Gasteiger partial charge in [-0.05, 0) is 97.6 Å². The van der Waals surface area contributed by atoms with Crippen LogP contribution in [0.4, 0.5) is 11.4 Å². The van der Waals surface area contributed by atoms with E-state index in [1.54, 1.807) is 0 Å². The van der Waals surface area contributed by atoms with E-state index in [0.717, 1.165) is 103 Å². The number of aromatic hydroxyl groups is 2. The Labute approximate surface area is 381 Å². The molecule has 2 aliphatic heterocycles. The SMILES string of the molecule is CN(C)CCn1c(O)c2cc3c(c4cccc(c1=O)c24)=Nc1ccccc1C3=NCCCN(C)CCCN=C1c2ccccc2N=c2c1cc1c(O)n(CCN(C)C)c(=O)c3cccc2c13. The van der Waals surface area contributed by atoms with Crippen molar-refractivity contribution in [3.8, 4) is 11.8 Å². The number of pyridine rings is 2. The standard InChI is InChI=1S/C53H53N9O4/c1-58(2)26-28-61-50(63)36-18-10-16-34-44(36)38(52(61)65)30-40-46(32-14-6-8-20-42(32)56-48(34)40)54-22-12-24-60(5)25-13-23-55-47-33-15-7-9-21-43(33)57-49-35-17-11-19-37-45(35)39(31-41(47)49)53(66)62(51(37)64)29-27-59(3)4/h6-11,14-21,30-31,65-66H,12-13,22-29H2,1-5H3. The van der Waals surface area contributed by atoms with E-state index >= 15 is 0 Å². The van der Waals surface area contributed by atoms with E-state index in [1.165, 1.54) is 9.13 Å². The van der Waals surface area contributed by atoms with Gasteiger partial charge in [-0.2, -0.15) is 0 Å². The molecule has 0 saturated carbocycles. The van der Waals surface area contributed by atoms with Gasteiger partial charge in [0.2, 0.25) is 11.8 Å². The highest BCUT2D eigenvalue weighted by Gasteiger charge is 2.26. The van der Waals surface area contributed by atoms with Crippen LogP contribution < -0.4 is 21.8 Å². The number of likely N-dealkylation sites (N-methyl/N-ethyl adjacent to an activating group) is 2. The van der Waals surface area contributed by atoms with Crippen molar-refractivity contribution in [1.29, 1.82) is 0 Å². The maximum Gasteiger partial charge on any atom is 0.261 e. The smallest absolute Gasteiger partial charge is 0.261 e. The molecule has 2 N–H and O–H groups in total. The van der Waals surface area contributed by atoms with Crippen molar-refractivity contribution in [2.24, 2.45) is 20.0 Å². The molecule has 0 unspecified atom stereocenters. The lowest BCUT2D eigenvalue weighted by Gasteiger charge is -2.21. The quantitative estimate of drug-likeness (QED) is 0.124. The molecule has 66 heavy (non-hydrogen) atoms. The molecule has 0 saturated heterocycles. The molecular formula is C53H53N9O4. The van der Waals surface area contributed by atoms with Gasteiger partial charge in [0.25, 0.3) is 11.1 Å². The molecule has 2 aliphatic rings. The van der Waals surface area contributed by atoms with Crippen molar-refractivity contribution in [3.63, 3.8) is 0 Å². The van der Waals surface area contributed by atoms with E-state index < -0.39 is 0 Å². The average molecular weight is 880 g/mol. The summed E-state index contributed by atoms with van der Waals surface area (Å²) in [4.78, 5) is 54.4. The molecule has 2 aromatic heterocycles. The number of hydrogen-bond acceptors (Lipinski definition) is 11. The Bertz CT molecular complexity index is 3320. The van der Waals surface area contributed by atoms with Crippen LogP contribution in [0.5, 0.6) is 11.8 Å². The Balaban J connectivity index is 0.894.